The van der Waals surface area contributed by atoms with Gasteiger partial charge in [-0.1, -0.05) is 25.2 Å². The maximum Gasteiger partial charge on any atom is 0.162 e. The fourth-order valence-corrected chi connectivity index (χ4v) is 3.18. The van der Waals surface area contributed by atoms with E-state index in [1.165, 1.54) is 0 Å². The van der Waals surface area contributed by atoms with E-state index in [1.54, 1.807) is 0 Å². The number of Topliss-reactive ketones (excluding diaryl/α,β-unsaturated/α-hetero) is 1. The zero-order valence-electron chi connectivity index (χ0n) is 9.18. The molecule has 1 fully saturated rings. The summed E-state index contributed by atoms with van der Waals surface area (Å²) >= 11 is 5.89. The van der Waals surface area contributed by atoms with Crippen LogP contribution in [0, 0.1) is 11.3 Å². The van der Waals surface area contributed by atoms with Gasteiger partial charge in [-0.05, 0) is 25.7 Å². The van der Waals surface area contributed by atoms with Gasteiger partial charge in [0, 0.05) is 22.8 Å². The molecule has 0 saturated heterocycles. The lowest BCUT2D eigenvalue weighted by atomic mass is 9.64. The molecule has 2 aliphatic carbocycles. The Hall–Kier alpha value is -0.560. The molecule has 2 aliphatic rings. The fourth-order valence-electron chi connectivity index (χ4n) is 2.92. The molecule has 82 valence electrons. The number of halogens is 1. The molecule has 0 amide bonds. The van der Waals surface area contributed by atoms with Gasteiger partial charge in [0.2, 0.25) is 0 Å². The van der Waals surface area contributed by atoms with Crippen molar-refractivity contribution >= 4 is 17.4 Å². The second-order valence-electron chi connectivity index (χ2n) is 4.78. The Morgan fingerprint density at radius 3 is 3.07 bits per heavy atom. The first-order valence-corrected chi connectivity index (χ1v) is 6.14. The molecule has 2 atom stereocenters. The Balaban J connectivity index is 2.37. The molecule has 0 bridgehead atoms. The van der Waals surface area contributed by atoms with Crippen LogP contribution in [-0.4, -0.2) is 11.7 Å². The van der Waals surface area contributed by atoms with Crippen LogP contribution in [0.15, 0.2) is 23.8 Å². The highest BCUT2D eigenvalue weighted by atomic mass is 35.5. The van der Waals surface area contributed by atoms with Crippen LogP contribution in [0.1, 0.15) is 32.6 Å². The van der Waals surface area contributed by atoms with E-state index in [4.69, 9.17) is 11.6 Å². The molecule has 0 aromatic heterocycles. The van der Waals surface area contributed by atoms with E-state index >= 15 is 0 Å². The molecule has 0 heterocycles. The molecule has 0 spiro atoms. The Bertz CT molecular complexity index is 342. The van der Waals surface area contributed by atoms with Crippen molar-refractivity contribution in [2.75, 3.05) is 5.88 Å². The number of hydrogen-bond donors (Lipinski definition) is 0. The van der Waals surface area contributed by atoms with Gasteiger partial charge >= 0.3 is 0 Å². The van der Waals surface area contributed by atoms with Gasteiger partial charge < -0.3 is 0 Å². The molecule has 0 unspecified atom stereocenters. The van der Waals surface area contributed by atoms with E-state index in [-0.39, 0.29) is 11.3 Å². The fraction of sp³-hybridized carbons (Fsp3) is 0.615. The van der Waals surface area contributed by atoms with Crippen LogP contribution in [-0.2, 0) is 4.79 Å². The van der Waals surface area contributed by atoms with E-state index in [2.05, 4.69) is 12.7 Å². The lowest BCUT2D eigenvalue weighted by Gasteiger charge is -2.39. The number of hydrogen-bond acceptors (Lipinski definition) is 1. The highest BCUT2D eigenvalue weighted by molar-refractivity contribution is 6.19. The van der Waals surface area contributed by atoms with Crippen molar-refractivity contribution in [3.8, 4) is 0 Å². The summed E-state index contributed by atoms with van der Waals surface area (Å²) in [6.45, 7) is 6.09. The van der Waals surface area contributed by atoms with Crippen molar-refractivity contribution in [1.82, 2.24) is 0 Å². The largest absolute Gasteiger partial charge is 0.294 e. The molecule has 0 N–H and O–H groups in total. The third-order valence-electron chi connectivity index (χ3n) is 3.99. The zero-order chi connectivity index (χ0) is 11.1. The minimum atomic E-state index is -0.0641. The maximum absolute atomic E-state index is 12.1. The number of fused-ring (bicyclic) bond motifs is 1. The highest BCUT2D eigenvalue weighted by Gasteiger charge is 2.46. The highest BCUT2D eigenvalue weighted by Crippen LogP contribution is 2.53. The molecule has 2 heteroatoms. The van der Waals surface area contributed by atoms with E-state index in [0.717, 1.165) is 36.8 Å². The van der Waals surface area contributed by atoms with Gasteiger partial charge in [0.25, 0.3) is 0 Å². The molecule has 1 nitrogen and oxygen atoms in total. The van der Waals surface area contributed by atoms with Crippen LogP contribution in [0.2, 0.25) is 0 Å². The van der Waals surface area contributed by atoms with Gasteiger partial charge in [-0.25, -0.2) is 0 Å². The second-order valence-corrected chi connectivity index (χ2v) is 5.05. The Labute approximate surface area is 96.2 Å². The summed E-state index contributed by atoms with van der Waals surface area (Å²) in [5.74, 6) is 0.981. The molecule has 0 aromatic rings. The average Bonchev–Trinajstić information content (AvgIpc) is 2.68. The minimum absolute atomic E-state index is 0.0641. The van der Waals surface area contributed by atoms with Gasteiger partial charge in [-0.15, -0.1) is 11.6 Å². The first kappa shape index (κ1) is 10.9. The Kier molecular flexibility index (Phi) is 2.76. The van der Waals surface area contributed by atoms with Gasteiger partial charge in [-0.2, -0.15) is 0 Å². The summed E-state index contributed by atoms with van der Waals surface area (Å²) in [7, 11) is 0. The lowest BCUT2D eigenvalue weighted by Crippen LogP contribution is -2.35. The summed E-state index contributed by atoms with van der Waals surface area (Å²) in [6.07, 6.45) is 6.18. The van der Waals surface area contributed by atoms with E-state index in [0.29, 0.717) is 11.7 Å². The van der Waals surface area contributed by atoms with Gasteiger partial charge in [0.15, 0.2) is 5.78 Å². The summed E-state index contributed by atoms with van der Waals surface area (Å²) < 4.78 is 0. The van der Waals surface area contributed by atoms with Crippen LogP contribution in [0.25, 0.3) is 0 Å². The quantitative estimate of drug-likeness (QED) is 0.519. The predicted molar refractivity (Wildman–Crippen MR) is 63.0 cm³/mol. The van der Waals surface area contributed by atoms with Crippen molar-refractivity contribution in [1.29, 1.82) is 0 Å². The SMILES string of the molecule is C=C(CCl)[C@]12CCC=C1C(=O)[C@@H](C)CC2. The Morgan fingerprint density at radius 2 is 2.40 bits per heavy atom. The standard InChI is InChI=1S/C13H17ClO/c1-9-5-7-13(10(2)8-14)6-3-4-11(13)12(9)15/h4,9H,2-3,5-8H2,1H3/t9-,13+/m0/s1. The minimum Gasteiger partial charge on any atom is -0.294 e. The number of ketones is 1. The number of carbonyl (C=O) groups is 1. The third kappa shape index (κ3) is 1.48. The molecular formula is C13H17ClO. The molecule has 1 saturated carbocycles. The van der Waals surface area contributed by atoms with Crippen LogP contribution in [0.3, 0.4) is 0 Å². The smallest absolute Gasteiger partial charge is 0.162 e. The normalized spacial score (nSPS) is 34.9. The average molecular weight is 225 g/mol. The summed E-state index contributed by atoms with van der Waals surface area (Å²) in [5.41, 5.74) is 1.98. The molecule has 15 heavy (non-hydrogen) atoms. The van der Waals surface area contributed by atoms with Crippen molar-refractivity contribution in [3.63, 3.8) is 0 Å². The summed E-state index contributed by atoms with van der Waals surface area (Å²) in [4.78, 5) is 12.1. The monoisotopic (exact) mass is 224 g/mol. The van der Waals surface area contributed by atoms with Crippen molar-refractivity contribution in [2.45, 2.75) is 32.6 Å². The lowest BCUT2D eigenvalue weighted by molar-refractivity contribution is -0.121. The van der Waals surface area contributed by atoms with Crippen LogP contribution in [0.5, 0.6) is 0 Å². The summed E-state index contributed by atoms with van der Waals surface area (Å²) in [5, 5.41) is 0. The maximum atomic E-state index is 12.1. The Morgan fingerprint density at radius 1 is 1.67 bits per heavy atom. The number of carbonyl (C=O) groups excluding carboxylic acids is 1. The first-order valence-electron chi connectivity index (χ1n) is 5.61. The topological polar surface area (TPSA) is 17.1 Å². The zero-order valence-corrected chi connectivity index (χ0v) is 9.94. The van der Waals surface area contributed by atoms with Crippen molar-refractivity contribution in [2.24, 2.45) is 11.3 Å². The van der Waals surface area contributed by atoms with Gasteiger partial charge in [-0.3, -0.25) is 4.79 Å². The molecular weight excluding hydrogens is 208 g/mol. The molecule has 0 aromatic carbocycles. The van der Waals surface area contributed by atoms with E-state index < -0.39 is 0 Å². The van der Waals surface area contributed by atoms with Crippen LogP contribution < -0.4 is 0 Å². The van der Waals surface area contributed by atoms with Gasteiger partial charge in [0.05, 0.1) is 0 Å². The number of alkyl halides is 1. The molecule has 0 radical (unpaired) electrons. The predicted octanol–water partition coefficient (Wildman–Crippen LogP) is 3.49. The number of rotatable bonds is 2. The van der Waals surface area contributed by atoms with Crippen molar-refractivity contribution in [3.05, 3.63) is 23.8 Å². The van der Waals surface area contributed by atoms with E-state index in [9.17, 15) is 4.79 Å². The second kappa shape index (κ2) is 3.79. The van der Waals surface area contributed by atoms with Crippen molar-refractivity contribution < 1.29 is 4.79 Å². The van der Waals surface area contributed by atoms with Crippen LogP contribution in [0.4, 0.5) is 0 Å². The van der Waals surface area contributed by atoms with E-state index in [1.807, 2.05) is 6.92 Å². The molecule has 0 aliphatic heterocycles. The first-order chi connectivity index (χ1) is 7.12. The number of allylic oxidation sites excluding steroid dienone is 3. The van der Waals surface area contributed by atoms with Gasteiger partial charge in [0.1, 0.15) is 0 Å². The molecule has 2 rings (SSSR count). The van der Waals surface area contributed by atoms with Crippen LogP contribution >= 0.6 is 11.6 Å². The summed E-state index contributed by atoms with van der Waals surface area (Å²) in [6, 6.07) is 0. The third-order valence-corrected chi connectivity index (χ3v) is 4.31.